The van der Waals surface area contributed by atoms with Crippen LogP contribution in [0.3, 0.4) is 0 Å². The summed E-state index contributed by atoms with van der Waals surface area (Å²) in [6.07, 6.45) is -2.98. The molecule has 0 bridgehead atoms. The number of hydrogen-bond acceptors (Lipinski definition) is 4. The first kappa shape index (κ1) is 28.2. The number of nitrogens with zero attached hydrogens (tertiary/aromatic N) is 5. The lowest BCUT2D eigenvalue weighted by atomic mass is 9.96. The summed E-state index contributed by atoms with van der Waals surface area (Å²) in [6, 6.07) is 6.26. The summed E-state index contributed by atoms with van der Waals surface area (Å²) in [4.78, 5) is 42.9. The van der Waals surface area contributed by atoms with Gasteiger partial charge in [0.15, 0.2) is 0 Å². The van der Waals surface area contributed by atoms with E-state index in [1.54, 1.807) is 33.5 Å². The monoisotopic (exact) mass is 595 g/mol. The van der Waals surface area contributed by atoms with Gasteiger partial charge in [0.05, 0.1) is 34.4 Å². The van der Waals surface area contributed by atoms with Crippen molar-refractivity contribution in [1.29, 1.82) is 0 Å². The average molecular weight is 596 g/mol. The van der Waals surface area contributed by atoms with E-state index in [0.717, 1.165) is 18.0 Å². The molecule has 40 heavy (non-hydrogen) atoms. The van der Waals surface area contributed by atoms with Gasteiger partial charge in [0, 0.05) is 42.4 Å². The van der Waals surface area contributed by atoms with Crippen molar-refractivity contribution < 1.29 is 22.8 Å². The van der Waals surface area contributed by atoms with Crippen molar-refractivity contribution in [3.05, 3.63) is 85.0 Å². The number of halogens is 5. The highest BCUT2D eigenvalue weighted by molar-refractivity contribution is 6.42. The van der Waals surface area contributed by atoms with Crippen LogP contribution in [0.2, 0.25) is 10.0 Å². The zero-order valence-corrected chi connectivity index (χ0v) is 23.4. The minimum Gasteiger partial charge on any atom is -0.331 e. The number of carbonyl (C=O) groups is 2. The molecule has 8 nitrogen and oxygen atoms in total. The molecule has 2 aliphatic rings. The number of carbonyl (C=O) groups excluding carboxylic acids is 2. The van der Waals surface area contributed by atoms with Gasteiger partial charge in [0.2, 0.25) is 0 Å². The largest absolute Gasteiger partial charge is 0.406 e. The van der Waals surface area contributed by atoms with Crippen molar-refractivity contribution in [2.24, 2.45) is 0 Å². The summed E-state index contributed by atoms with van der Waals surface area (Å²) in [5, 5.41) is 5.33. The first-order valence-electron chi connectivity index (χ1n) is 12.7. The first-order chi connectivity index (χ1) is 18.7. The van der Waals surface area contributed by atoms with E-state index < -0.39 is 24.3 Å². The van der Waals surface area contributed by atoms with E-state index in [0.29, 0.717) is 44.9 Å². The van der Waals surface area contributed by atoms with E-state index in [1.807, 2.05) is 13.8 Å². The molecular weight excluding hydrogens is 570 g/mol. The molecule has 0 N–H and O–H groups in total. The van der Waals surface area contributed by atoms with Crippen LogP contribution in [0.4, 0.5) is 13.2 Å². The van der Waals surface area contributed by atoms with Crippen molar-refractivity contribution in [2.45, 2.75) is 64.6 Å². The number of pyridine rings is 1. The minimum atomic E-state index is -4.53. The van der Waals surface area contributed by atoms with Crippen LogP contribution in [0.15, 0.2) is 41.3 Å². The van der Waals surface area contributed by atoms with Crippen molar-refractivity contribution >= 4 is 35.0 Å². The molecule has 2 aromatic heterocycles. The molecule has 3 atom stereocenters. The predicted octanol–water partition coefficient (Wildman–Crippen LogP) is 5.28. The van der Waals surface area contributed by atoms with Gasteiger partial charge in [-0.1, -0.05) is 23.2 Å². The van der Waals surface area contributed by atoms with E-state index >= 15 is 0 Å². The zero-order valence-electron chi connectivity index (χ0n) is 21.9. The van der Waals surface area contributed by atoms with Gasteiger partial charge in [0.1, 0.15) is 12.2 Å². The number of alkyl halides is 3. The van der Waals surface area contributed by atoms with Crippen LogP contribution in [0, 0.1) is 0 Å². The Balaban J connectivity index is 1.44. The van der Waals surface area contributed by atoms with Gasteiger partial charge in [-0.15, -0.1) is 0 Å². The highest BCUT2D eigenvalue weighted by atomic mass is 35.5. The highest BCUT2D eigenvalue weighted by Crippen LogP contribution is 2.35. The van der Waals surface area contributed by atoms with Gasteiger partial charge in [-0.25, -0.2) is 0 Å². The van der Waals surface area contributed by atoms with E-state index in [-0.39, 0.29) is 35.5 Å². The highest BCUT2D eigenvalue weighted by Gasteiger charge is 2.40. The van der Waals surface area contributed by atoms with Gasteiger partial charge >= 0.3 is 6.18 Å². The number of rotatable bonds is 4. The smallest absolute Gasteiger partial charge is 0.331 e. The lowest BCUT2D eigenvalue weighted by Crippen LogP contribution is -2.45. The number of hydrogen-bond donors (Lipinski definition) is 0. The molecule has 0 unspecified atom stereocenters. The van der Waals surface area contributed by atoms with Crippen LogP contribution >= 0.6 is 23.2 Å². The lowest BCUT2D eigenvalue weighted by Gasteiger charge is -2.37. The first-order valence-corrected chi connectivity index (χ1v) is 13.4. The molecular formula is C27H26Cl2F3N5O3. The fourth-order valence-corrected chi connectivity index (χ4v) is 5.67. The standard InChI is InChI=1S/C27H26Cl2F3N5O3/c1-14-8-22-19(12-35(14)25(39)18-4-5-20(28)21(29)9-18)24-26(40)36(11-15(2)37(24)33-22)16(3)17-6-7-34(23(38)10-17)13-27(30,31)32/h4-7,9-10,14-16H,8,11-13H2,1-3H3/t14-,15-,16-/m1/s1. The molecule has 212 valence electrons. The average Bonchev–Trinajstić information content (AvgIpc) is 3.26. The Morgan fingerprint density at radius 1 is 1.10 bits per heavy atom. The fourth-order valence-electron chi connectivity index (χ4n) is 5.38. The Hall–Kier alpha value is -3.31. The maximum atomic E-state index is 13.9. The van der Waals surface area contributed by atoms with E-state index in [2.05, 4.69) is 0 Å². The summed E-state index contributed by atoms with van der Waals surface area (Å²) >= 11 is 12.1. The normalized spacial score (nSPS) is 19.9. The van der Waals surface area contributed by atoms with Crippen molar-refractivity contribution in [1.82, 2.24) is 24.1 Å². The SMILES string of the molecule is C[C@@H]1Cc2nn3c(c2CN1C(=O)c1ccc(Cl)c(Cl)c1)C(=O)N([C@H](C)c1ccn(CC(F)(F)F)c(=O)c1)C[C@H]3C. The quantitative estimate of drug-likeness (QED) is 0.411. The van der Waals surface area contributed by atoms with Gasteiger partial charge in [-0.05, 0) is 50.6 Å². The Morgan fingerprint density at radius 2 is 1.82 bits per heavy atom. The molecule has 2 amide bonds. The zero-order chi connectivity index (χ0) is 29.1. The second-order valence-electron chi connectivity index (χ2n) is 10.4. The maximum Gasteiger partial charge on any atom is 0.406 e. The Bertz CT molecular complexity index is 1570. The second kappa shape index (κ2) is 10.3. The van der Waals surface area contributed by atoms with Crippen LogP contribution in [-0.4, -0.2) is 54.7 Å². The molecule has 0 fully saturated rings. The Morgan fingerprint density at radius 3 is 2.48 bits per heavy atom. The van der Waals surface area contributed by atoms with Gasteiger partial charge in [0.25, 0.3) is 17.4 Å². The molecule has 0 radical (unpaired) electrons. The molecule has 5 rings (SSSR count). The molecule has 0 spiro atoms. The number of fused-ring (bicyclic) bond motifs is 3. The number of aromatic nitrogens is 3. The summed E-state index contributed by atoms with van der Waals surface area (Å²) < 4.78 is 40.6. The summed E-state index contributed by atoms with van der Waals surface area (Å²) in [5.41, 5.74) is 1.76. The van der Waals surface area contributed by atoms with Gasteiger partial charge in [-0.3, -0.25) is 19.1 Å². The number of amides is 2. The Kier molecular flexibility index (Phi) is 7.24. The third-order valence-corrected chi connectivity index (χ3v) is 8.27. The van der Waals surface area contributed by atoms with Crippen molar-refractivity contribution in [2.75, 3.05) is 6.54 Å². The van der Waals surface area contributed by atoms with E-state index in [4.69, 9.17) is 28.3 Å². The molecule has 13 heteroatoms. The molecule has 1 aromatic carbocycles. The molecule has 0 saturated carbocycles. The van der Waals surface area contributed by atoms with E-state index in [9.17, 15) is 27.6 Å². The number of benzene rings is 1. The van der Waals surface area contributed by atoms with E-state index in [1.165, 1.54) is 12.1 Å². The third kappa shape index (κ3) is 5.12. The topological polar surface area (TPSA) is 80.4 Å². The van der Waals surface area contributed by atoms with Gasteiger partial charge < -0.3 is 14.4 Å². The van der Waals surface area contributed by atoms with Crippen molar-refractivity contribution in [3.63, 3.8) is 0 Å². The summed E-state index contributed by atoms with van der Waals surface area (Å²) in [5.74, 6) is -0.576. The minimum absolute atomic E-state index is 0.166. The Labute approximate surface area is 237 Å². The predicted molar refractivity (Wildman–Crippen MR) is 143 cm³/mol. The van der Waals surface area contributed by atoms with Crippen LogP contribution in [-0.2, 0) is 19.5 Å². The fraction of sp³-hybridized carbons (Fsp3) is 0.407. The molecule has 4 heterocycles. The second-order valence-corrected chi connectivity index (χ2v) is 11.2. The molecule has 0 saturated heterocycles. The lowest BCUT2D eigenvalue weighted by molar-refractivity contribution is -0.141. The van der Waals surface area contributed by atoms with Crippen LogP contribution in [0.1, 0.15) is 70.5 Å². The summed E-state index contributed by atoms with van der Waals surface area (Å²) in [6.45, 7) is 4.63. The summed E-state index contributed by atoms with van der Waals surface area (Å²) in [7, 11) is 0. The molecule has 0 aliphatic carbocycles. The van der Waals surface area contributed by atoms with Gasteiger partial charge in [-0.2, -0.15) is 18.3 Å². The van der Waals surface area contributed by atoms with Crippen LogP contribution in [0.5, 0.6) is 0 Å². The molecule has 3 aromatic rings. The maximum absolute atomic E-state index is 13.9. The molecule has 2 aliphatic heterocycles. The third-order valence-electron chi connectivity index (χ3n) is 7.53. The van der Waals surface area contributed by atoms with Crippen molar-refractivity contribution in [3.8, 4) is 0 Å². The van der Waals surface area contributed by atoms with Crippen LogP contribution in [0.25, 0.3) is 0 Å². The van der Waals surface area contributed by atoms with Crippen LogP contribution < -0.4 is 5.56 Å².